The number of nitrogens with zero attached hydrogens (tertiary/aromatic N) is 1. The number of phenolic OH excluding ortho intramolecular Hbond substituents is 1. The summed E-state index contributed by atoms with van der Waals surface area (Å²) in [5.74, 6) is -0.174. The molecule has 0 radical (unpaired) electrons. The summed E-state index contributed by atoms with van der Waals surface area (Å²) < 4.78 is 16.9. The predicted molar refractivity (Wildman–Crippen MR) is 198 cm³/mol. The average Bonchev–Trinajstić information content (AvgIpc) is 3.60. The van der Waals surface area contributed by atoms with Crippen LogP contribution in [0.3, 0.4) is 0 Å². The van der Waals surface area contributed by atoms with Crippen LogP contribution in [0.15, 0.2) is 90.3 Å². The lowest BCUT2D eigenvalue weighted by molar-refractivity contribution is -0.135. The summed E-state index contributed by atoms with van der Waals surface area (Å²) in [5, 5.41) is 17.4. The molecule has 3 N–H and O–H groups in total. The van der Waals surface area contributed by atoms with Gasteiger partial charge in [0.25, 0.3) is 5.91 Å². The highest BCUT2D eigenvalue weighted by Crippen LogP contribution is 2.35. The molecule has 0 aliphatic rings. The first-order valence-electron chi connectivity index (χ1n) is 16.2. The zero-order chi connectivity index (χ0) is 35.7. The Balaban J connectivity index is 1.16. The number of anilines is 1. The maximum absolute atomic E-state index is 12.5. The normalized spacial score (nSPS) is 11.4. The number of carbonyl (C=O) groups is 3. The van der Waals surface area contributed by atoms with Gasteiger partial charge in [-0.3, -0.25) is 14.4 Å². The third-order valence-corrected chi connectivity index (χ3v) is 8.68. The molecule has 3 amide bonds. The number of nitrogens with one attached hydrogen (secondary N) is 2. The van der Waals surface area contributed by atoms with Gasteiger partial charge in [-0.05, 0) is 70.0 Å². The van der Waals surface area contributed by atoms with E-state index in [9.17, 15) is 19.5 Å². The summed E-state index contributed by atoms with van der Waals surface area (Å²) in [6.07, 6.45) is 0.826. The lowest BCUT2D eigenvalue weighted by Gasteiger charge is -2.18. The Kier molecular flexibility index (Phi) is 15.3. The number of hydrogen-bond donors (Lipinski definition) is 3. The zero-order valence-corrected chi connectivity index (χ0v) is 29.7. The third kappa shape index (κ3) is 11.4. The van der Waals surface area contributed by atoms with E-state index in [1.54, 1.807) is 35.5 Å². The van der Waals surface area contributed by atoms with E-state index in [1.165, 1.54) is 16.9 Å². The van der Waals surface area contributed by atoms with Crippen LogP contribution in [-0.4, -0.2) is 86.8 Å². The van der Waals surface area contributed by atoms with Gasteiger partial charge >= 0.3 is 0 Å². The largest absolute Gasteiger partial charge is 0.508 e. The van der Waals surface area contributed by atoms with E-state index in [0.29, 0.717) is 29.5 Å². The number of hydrogen-bond acceptors (Lipinski definition) is 8. The zero-order valence-electron chi connectivity index (χ0n) is 28.2. The van der Waals surface area contributed by atoms with Crippen LogP contribution in [-0.2, 0) is 19.1 Å². The first-order chi connectivity index (χ1) is 24.3. The molecule has 4 aromatic rings. The third-order valence-electron chi connectivity index (χ3n) is 7.61. The molecular weight excluding hydrogens is 678 g/mol. The summed E-state index contributed by atoms with van der Waals surface area (Å²) in [5.41, 5.74) is 5.83. The van der Waals surface area contributed by atoms with Crippen molar-refractivity contribution in [1.82, 2.24) is 10.2 Å². The molecule has 0 saturated carbocycles. The van der Waals surface area contributed by atoms with Gasteiger partial charge < -0.3 is 34.9 Å². The number of benzene rings is 3. The second-order valence-corrected chi connectivity index (χ2v) is 12.3. The van der Waals surface area contributed by atoms with Gasteiger partial charge in [-0.15, -0.1) is 22.9 Å². The Morgan fingerprint density at radius 2 is 1.52 bits per heavy atom. The fourth-order valence-electron chi connectivity index (χ4n) is 5.02. The molecule has 0 spiro atoms. The molecule has 12 heteroatoms. The minimum Gasteiger partial charge on any atom is -0.508 e. The van der Waals surface area contributed by atoms with Gasteiger partial charge in [0.1, 0.15) is 35.6 Å². The summed E-state index contributed by atoms with van der Waals surface area (Å²) in [4.78, 5) is 37.9. The molecule has 1 heterocycles. The predicted octanol–water partition coefficient (Wildman–Crippen LogP) is 6.30. The quantitative estimate of drug-likeness (QED) is 0.0590. The topological polar surface area (TPSA) is 126 Å². The Hall–Kier alpha value is -4.68. The fraction of sp³-hybridized carbons (Fsp3) is 0.289. The lowest BCUT2D eigenvalue weighted by atomic mass is 9.88. The molecule has 0 fully saturated rings. The summed E-state index contributed by atoms with van der Waals surface area (Å²) in [6, 6.07) is 27.1. The number of phenols is 1. The van der Waals surface area contributed by atoms with Gasteiger partial charge in [-0.2, -0.15) is 0 Å². The number of rotatable bonds is 19. The van der Waals surface area contributed by atoms with Crippen LogP contribution in [0.4, 0.5) is 5.00 Å². The number of halogens is 1. The molecule has 0 aliphatic heterocycles. The molecule has 0 unspecified atom stereocenters. The number of aromatic hydroxyl groups is 1. The average molecular weight is 720 g/mol. The number of alkyl halides is 1. The molecule has 264 valence electrons. The van der Waals surface area contributed by atoms with E-state index in [-0.39, 0.29) is 62.3 Å². The van der Waals surface area contributed by atoms with Crippen molar-refractivity contribution in [3.8, 4) is 11.5 Å². The van der Waals surface area contributed by atoms with E-state index < -0.39 is 0 Å². The van der Waals surface area contributed by atoms with E-state index in [1.807, 2.05) is 54.6 Å². The molecule has 10 nitrogen and oxygen atoms in total. The van der Waals surface area contributed by atoms with Crippen molar-refractivity contribution in [2.24, 2.45) is 0 Å². The van der Waals surface area contributed by atoms with E-state index >= 15 is 0 Å². The van der Waals surface area contributed by atoms with Crippen molar-refractivity contribution in [2.45, 2.75) is 13.3 Å². The SMILES string of the molecule is CC/C(=C(\c1ccc(O)cc1)c1ccc(OCCN(C)C(=O)COCCOCCNC(=O)c2ccsc2NC(=O)CCl)cc1)c1ccccc1. The van der Waals surface area contributed by atoms with E-state index in [4.69, 9.17) is 25.8 Å². The molecule has 3 aromatic carbocycles. The molecule has 0 bridgehead atoms. The summed E-state index contributed by atoms with van der Waals surface area (Å²) >= 11 is 6.75. The highest BCUT2D eigenvalue weighted by Gasteiger charge is 2.16. The number of ether oxygens (including phenoxy) is 3. The van der Waals surface area contributed by atoms with Crippen molar-refractivity contribution < 1.29 is 33.7 Å². The van der Waals surface area contributed by atoms with Crippen LogP contribution in [0.1, 0.15) is 40.4 Å². The van der Waals surface area contributed by atoms with Gasteiger partial charge in [0.05, 0.1) is 31.9 Å². The van der Waals surface area contributed by atoms with Gasteiger partial charge in [0.15, 0.2) is 0 Å². The highest BCUT2D eigenvalue weighted by molar-refractivity contribution is 7.14. The first kappa shape index (κ1) is 38.1. The second-order valence-electron chi connectivity index (χ2n) is 11.1. The second kappa shape index (κ2) is 20.1. The van der Waals surface area contributed by atoms with Gasteiger partial charge in [0.2, 0.25) is 11.8 Å². The maximum Gasteiger partial charge on any atom is 0.254 e. The van der Waals surface area contributed by atoms with Crippen LogP contribution >= 0.6 is 22.9 Å². The minimum atomic E-state index is -0.383. The van der Waals surface area contributed by atoms with Crippen LogP contribution in [0.2, 0.25) is 0 Å². The summed E-state index contributed by atoms with van der Waals surface area (Å²) in [7, 11) is 1.70. The summed E-state index contributed by atoms with van der Waals surface area (Å²) in [6.45, 7) is 3.76. The van der Waals surface area contributed by atoms with Gasteiger partial charge in [0, 0.05) is 13.6 Å². The molecule has 0 aliphatic carbocycles. The number of thiophene rings is 1. The molecule has 0 saturated heterocycles. The monoisotopic (exact) mass is 719 g/mol. The van der Waals surface area contributed by atoms with Crippen LogP contribution in [0.5, 0.6) is 11.5 Å². The van der Waals surface area contributed by atoms with Crippen LogP contribution in [0, 0.1) is 0 Å². The van der Waals surface area contributed by atoms with Crippen molar-refractivity contribution in [3.05, 3.63) is 113 Å². The maximum atomic E-state index is 12.5. The van der Waals surface area contributed by atoms with E-state index in [0.717, 1.165) is 28.7 Å². The number of allylic oxidation sites excluding steroid dienone is 1. The molecule has 50 heavy (non-hydrogen) atoms. The fourth-order valence-corrected chi connectivity index (χ4v) is 5.88. The van der Waals surface area contributed by atoms with Crippen molar-refractivity contribution in [3.63, 3.8) is 0 Å². The Morgan fingerprint density at radius 3 is 2.20 bits per heavy atom. The standard InChI is InChI=1S/C38H42ClN3O7S/c1-3-32(27-7-5-4-6-8-27)36(28-9-13-30(43)14-10-28)29-11-15-31(16-12-29)49-21-19-42(2)35(45)26-48-23-22-47-20-18-40-37(46)33-17-24-50-38(33)41-34(44)25-39/h4-17,24,43H,3,18-23,25-26H2,1-2H3,(H,40,46)(H,41,44)/b36-32-. The van der Waals surface area contributed by atoms with Crippen LogP contribution < -0.4 is 15.4 Å². The Labute approximate surface area is 301 Å². The van der Waals surface area contributed by atoms with Crippen molar-refractivity contribution in [1.29, 1.82) is 0 Å². The Bertz CT molecular complexity index is 1710. The Morgan fingerprint density at radius 1 is 0.840 bits per heavy atom. The lowest BCUT2D eigenvalue weighted by Crippen LogP contribution is -2.34. The van der Waals surface area contributed by atoms with Gasteiger partial charge in [-0.25, -0.2) is 0 Å². The number of carbonyl (C=O) groups excluding carboxylic acids is 3. The number of likely N-dealkylation sites (N-methyl/N-ethyl adjacent to an activating group) is 1. The molecule has 1 aromatic heterocycles. The molecular formula is C38H42ClN3O7S. The van der Waals surface area contributed by atoms with Gasteiger partial charge in [-0.1, -0.05) is 61.5 Å². The smallest absolute Gasteiger partial charge is 0.254 e. The van der Waals surface area contributed by atoms with Crippen LogP contribution in [0.25, 0.3) is 11.1 Å². The molecule has 0 atom stereocenters. The van der Waals surface area contributed by atoms with Crippen molar-refractivity contribution >= 4 is 56.8 Å². The first-order valence-corrected chi connectivity index (χ1v) is 17.6. The number of amides is 3. The minimum absolute atomic E-state index is 0.0895. The highest BCUT2D eigenvalue weighted by atomic mass is 35.5. The van der Waals surface area contributed by atoms with Crippen molar-refractivity contribution in [2.75, 3.05) is 64.4 Å². The van der Waals surface area contributed by atoms with E-state index in [2.05, 4.69) is 29.7 Å². The molecule has 4 rings (SSSR count).